The van der Waals surface area contributed by atoms with Crippen LogP contribution in [0.1, 0.15) is 88.7 Å². The summed E-state index contributed by atoms with van der Waals surface area (Å²) in [6.45, 7) is 0.741. The smallest absolute Gasteiger partial charge is 0.482 e. The van der Waals surface area contributed by atoms with Gasteiger partial charge in [0.25, 0.3) is 0 Å². The quantitative estimate of drug-likeness (QED) is 0.179. The summed E-state index contributed by atoms with van der Waals surface area (Å²) in [4.78, 5) is 23.2. The Kier molecular flexibility index (Phi) is 12.6. The summed E-state index contributed by atoms with van der Waals surface area (Å²) >= 11 is 0. The number of carboxylic acid groups (broad SMARTS) is 1. The van der Waals surface area contributed by atoms with Gasteiger partial charge in [-0.3, -0.25) is 0 Å². The van der Waals surface area contributed by atoms with Gasteiger partial charge in [-0.1, -0.05) is 64.0 Å². The Hall–Kier alpha value is -2.35. The first kappa shape index (κ1) is 30.2. The summed E-state index contributed by atoms with van der Waals surface area (Å²) in [6.07, 6.45) is 11.2. The van der Waals surface area contributed by atoms with Crippen molar-refractivity contribution in [3.8, 4) is 5.75 Å². The molecule has 38 heavy (non-hydrogen) atoms. The summed E-state index contributed by atoms with van der Waals surface area (Å²) in [6, 6.07) is 5.74. The van der Waals surface area contributed by atoms with Crippen molar-refractivity contribution >= 4 is 12.1 Å². The molecule has 2 aliphatic rings. The number of carboxylic acids is 1. The van der Waals surface area contributed by atoms with Crippen molar-refractivity contribution in [1.82, 2.24) is 0 Å². The normalized spacial score (nSPS) is 22.8. The molecule has 7 nitrogen and oxygen atoms in total. The zero-order valence-electron chi connectivity index (χ0n) is 22.7. The number of carbonyl (C=O) groups is 2. The molecular weight excluding hydrogens is 491 g/mol. The number of rotatable bonds is 17. The molecule has 1 aromatic carbocycles. The first-order chi connectivity index (χ1) is 18.4. The standard InChI is InChI=1S/C30H45FO7/c1-2-3-4-5-6-7-8-11-23(32)13-14-24-25-17-21-10-9-12-27(37-20-29(33)34)26(21)18-22(25)19-28(24)38-30(35)36-16-15-31/h9-10,12,22-25,28,32H,2-8,11,13-20H2,1H3,(H,33,34)/t22-,23-,24+,25-,28+/m0/s1. The Balaban J connectivity index is 1.60. The van der Waals surface area contributed by atoms with Gasteiger partial charge in [-0.2, -0.15) is 0 Å². The van der Waals surface area contributed by atoms with E-state index in [0.717, 1.165) is 43.2 Å². The molecule has 0 unspecified atom stereocenters. The highest BCUT2D eigenvalue weighted by Gasteiger charge is 2.47. The summed E-state index contributed by atoms with van der Waals surface area (Å²) in [7, 11) is 0. The summed E-state index contributed by atoms with van der Waals surface area (Å²) < 4.78 is 28.6. The number of aliphatic hydroxyl groups is 1. The van der Waals surface area contributed by atoms with E-state index in [4.69, 9.17) is 19.3 Å². The highest BCUT2D eigenvalue weighted by molar-refractivity contribution is 5.68. The molecule has 0 bridgehead atoms. The summed E-state index contributed by atoms with van der Waals surface area (Å²) in [5.41, 5.74) is 2.15. The number of unbranched alkanes of at least 4 members (excludes halogenated alkanes) is 6. The number of halogens is 1. The number of ether oxygens (including phenoxy) is 3. The predicted molar refractivity (Wildman–Crippen MR) is 142 cm³/mol. The van der Waals surface area contributed by atoms with E-state index < -0.39 is 25.4 Å². The monoisotopic (exact) mass is 536 g/mol. The van der Waals surface area contributed by atoms with E-state index in [0.29, 0.717) is 25.0 Å². The molecule has 3 rings (SSSR count). The number of benzene rings is 1. The van der Waals surface area contributed by atoms with E-state index in [-0.39, 0.29) is 36.6 Å². The zero-order chi connectivity index (χ0) is 27.3. The van der Waals surface area contributed by atoms with Crippen LogP contribution in [0.2, 0.25) is 0 Å². The van der Waals surface area contributed by atoms with Crippen molar-refractivity contribution in [2.45, 2.75) is 103 Å². The first-order valence-electron chi connectivity index (χ1n) is 14.5. The number of aliphatic hydroxyl groups excluding tert-OH is 1. The van der Waals surface area contributed by atoms with Crippen LogP contribution < -0.4 is 4.74 Å². The molecule has 5 atom stereocenters. The minimum atomic E-state index is -1.02. The third kappa shape index (κ3) is 9.14. The molecule has 0 spiro atoms. The van der Waals surface area contributed by atoms with Crippen LogP contribution in [0.25, 0.3) is 0 Å². The van der Waals surface area contributed by atoms with E-state index in [1.54, 1.807) is 6.07 Å². The van der Waals surface area contributed by atoms with E-state index in [1.165, 1.54) is 32.1 Å². The molecular formula is C30H45FO7. The van der Waals surface area contributed by atoms with Crippen LogP contribution in [0.3, 0.4) is 0 Å². The van der Waals surface area contributed by atoms with Gasteiger partial charge in [-0.05, 0) is 73.5 Å². The van der Waals surface area contributed by atoms with Gasteiger partial charge in [0.2, 0.25) is 0 Å². The zero-order valence-corrected chi connectivity index (χ0v) is 22.7. The van der Waals surface area contributed by atoms with E-state index >= 15 is 0 Å². The topological polar surface area (TPSA) is 102 Å². The third-order valence-electron chi connectivity index (χ3n) is 8.19. The fraction of sp³-hybridized carbons (Fsp3) is 0.733. The van der Waals surface area contributed by atoms with Crippen molar-refractivity contribution in [3.63, 3.8) is 0 Å². The second-order valence-corrected chi connectivity index (χ2v) is 10.9. The maximum Gasteiger partial charge on any atom is 0.508 e. The van der Waals surface area contributed by atoms with Gasteiger partial charge in [-0.25, -0.2) is 14.0 Å². The Morgan fingerprint density at radius 3 is 2.58 bits per heavy atom. The summed E-state index contributed by atoms with van der Waals surface area (Å²) in [5, 5.41) is 19.7. The second-order valence-electron chi connectivity index (χ2n) is 10.9. The molecule has 0 saturated heterocycles. The van der Waals surface area contributed by atoms with Crippen molar-refractivity contribution in [1.29, 1.82) is 0 Å². The van der Waals surface area contributed by atoms with Crippen molar-refractivity contribution in [2.75, 3.05) is 19.9 Å². The van der Waals surface area contributed by atoms with E-state index in [1.807, 2.05) is 6.07 Å². The second kappa shape index (κ2) is 15.9. The molecule has 0 radical (unpaired) electrons. The van der Waals surface area contributed by atoms with Gasteiger partial charge in [0, 0.05) is 0 Å². The molecule has 0 aromatic heterocycles. The maximum atomic E-state index is 12.5. The largest absolute Gasteiger partial charge is 0.508 e. The number of alkyl halides is 1. The average Bonchev–Trinajstić information content (AvgIpc) is 3.23. The van der Waals surface area contributed by atoms with Crippen molar-refractivity contribution in [3.05, 3.63) is 29.3 Å². The molecule has 1 aromatic rings. The van der Waals surface area contributed by atoms with Crippen LogP contribution in [0.5, 0.6) is 5.75 Å². The highest BCUT2D eigenvalue weighted by Crippen LogP contribution is 2.49. The van der Waals surface area contributed by atoms with Gasteiger partial charge in [0.15, 0.2) is 6.61 Å². The number of hydrogen-bond donors (Lipinski definition) is 2. The van der Waals surface area contributed by atoms with E-state index in [9.17, 15) is 19.1 Å². The number of carbonyl (C=O) groups excluding carboxylic acids is 1. The molecule has 1 saturated carbocycles. The Morgan fingerprint density at radius 1 is 1.08 bits per heavy atom. The molecule has 8 heteroatoms. The van der Waals surface area contributed by atoms with Gasteiger partial charge in [0.05, 0.1) is 6.10 Å². The van der Waals surface area contributed by atoms with Gasteiger partial charge in [0.1, 0.15) is 25.1 Å². The predicted octanol–water partition coefficient (Wildman–Crippen LogP) is 6.27. The van der Waals surface area contributed by atoms with Crippen molar-refractivity contribution < 1.29 is 38.4 Å². The molecule has 0 aliphatic heterocycles. The van der Waals surface area contributed by atoms with Crippen LogP contribution in [0.4, 0.5) is 9.18 Å². The highest BCUT2D eigenvalue weighted by atomic mass is 19.1. The minimum Gasteiger partial charge on any atom is -0.482 e. The van der Waals surface area contributed by atoms with Crippen LogP contribution in [-0.2, 0) is 27.1 Å². The third-order valence-corrected chi connectivity index (χ3v) is 8.19. The minimum absolute atomic E-state index is 0.0679. The van der Waals surface area contributed by atoms with Crippen molar-refractivity contribution in [2.24, 2.45) is 17.8 Å². The first-order valence-corrected chi connectivity index (χ1v) is 14.5. The number of aliphatic carboxylic acids is 1. The number of hydrogen-bond acceptors (Lipinski definition) is 6. The molecule has 0 heterocycles. The van der Waals surface area contributed by atoms with Gasteiger partial charge >= 0.3 is 12.1 Å². The number of fused-ring (bicyclic) bond motifs is 2. The SMILES string of the molecule is CCCCCCCCC[C@H](O)CC[C@@H]1[C@H]2Cc3cccc(OCC(=O)O)c3C[C@H]2C[C@H]1OC(=O)OCCF. The van der Waals surface area contributed by atoms with Crippen LogP contribution in [0.15, 0.2) is 18.2 Å². The molecule has 2 aliphatic carbocycles. The maximum absolute atomic E-state index is 12.5. The lowest BCUT2D eigenvalue weighted by molar-refractivity contribution is -0.139. The fourth-order valence-corrected chi connectivity index (χ4v) is 6.33. The Morgan fingerprint density at radius 2 is 1.84 bits per heavy atom. The lowest BCUT2D eigenvalue weighted by atomic mass is 9.73. The molecule has 1 fully saturated rings. The van der Waals surface area contributed by atoms with Crippen LogP contribution in [-0.4, -0.2) is 54.4 Å². The molecule has 214 valence electrons. The van der Waals surface area contributed by atoms with Crippen LogP contribution in [0, 0.1) is 17.8 Å². The molecule has 2 N–H and O–H groups in total. The average molecular weight is 537 g/mol. The summed E-state index contributed by atoms with van der Waals surface area (Å²) in [5.74, 6) is 0.144. The lowest BCUT2D eigenvalue weighted by Crippen LogP contribution is -2.30. The fourth-order valence-electron chi connectivity index (χ4n) is 6.33. The Bertz CT molecular complexity index is 876. The lowest BCUT2D eigenvalue weighted by Gasteiger charge is -2.32. The molecule has 0 amide bonds. The van der Waals surface area contributed by atoms with E-state index in [2.05, 4.69) is 13.0 Å². The van der Waals surface area contributed by atoms with Gasteiger partial charge < -0.3 is 24.4 Å². The van der Waals surface area contributed by atoms with Gasteiger partial charge in [-0.15, -0.1) is 0 Å². The Labute approximate surface area is 226 Å². The van der Waals surface area contributed by atoms with Crippen LogP contribution >= 0.6 is 0 Å².